The maximum atomic E-state index is 15.1. The molecule has 0 fully saturated rings. The van der Waals surface area contributed by atoms with Crippen LogP contribution in [0, 0.1) is 30.1 Å². The number of amides is 1. The lowest BCUT2D eigenvalue weighted by atomic mass is 10.1. The predicted molar refractivity (Wildman–Crippen MR) is 112 cm³/mol. The van der Waals surface area contributed by atoms with Gasteiger partial charge in [0.05, 0.1) is 11.9 Å². The van der Waals surface area contributed by atoms with Crippen molar-refractivity contribution in [3.8, 4) is 11.3 Å². The largest absolute Gasteiger partial charge is 0.382 e. The summed E-state index contributed by atoms with van der Waals surface area (Å²) in [5.74, 6) is -7.40. The van der Waals surface area contributed by atoms with E-state index in [2.05, 4.69) is 9.97 Å². The van der Waals surface area contributed by atoms with E-state index in [0.29, 0.717) is 18.2 Å². The quantitative estimate of drug-likeness (QED) is 0.379. The van der Waals surface area contributed by atoms with Crippen LogP contribution in [0.15, 0.2) is 36.5 Å². The Morgan fingerprint density at radius 1 is 1.21 bits per heavy atom. The third-order valence-electron chi connectivity index (χ3n) is 4.69. The van der Waals surface area contributed by atoms with Crippen molar-refractivity contribution in [1.29, 1.82) is 0 Å². The lowest BCUT2D eigenvalue weighted by Crippen LogP contribution is -2.22. The van der Waals surface area contributed by atoms with Gasteiger partial charge in [-0.15, -0.1) is 0 Å². The van der Waals surface area contributed by atoms with E-state index in [1.54, 1.807) is 0 Å². The van der Waals surface area contributed by atoms with Crippen molar-refractivity contribution in [3.05, 3.63) is 76.3 Å². The standard InChI is InChI=1S/C21H14ClF4N5O2/c1-8-29-17(18-20(27)28-7-14(22)31(8)18)12-2-3-13(16(26)15(12)25)30-21(33)19(32)9-4-10(23)6-11(24)5-9/h2-7,19,32H,1H3,(H2,27,28)(H,30,33)/t19-/m0/s1/i1D3. The zero-order chi connectivity index (χ0) is 26.5. The number of rotatable bonds is 4. The summed E-state index contributed by atoms with van der Waals surface area (Å²) >= 11 is 6.06. The van der Waals surface area contributed by atoms with E-state index in [1.165, 1.54) is 0 Å². The topological polar surface area (TPSA) is 106 Å². The molecule has 0 spiro atoms. The van der Waals surface area contributed by atoms with Gasteiger partial charge < -0.3 is 16.2 Å². The Morgan fingerprint density at radius 3 is 2.58 bits per heavy atom. The average Bonchev–Trinajstić information content (AvgIpc) is 3.20. The Morgan fingerprint density at radius 2 is 1.91 bits per heavy atom. The first-order chi connectivity index (χ1) is 16.8. The number of imidazole rings is 1. The highest BCUT2D eigenvalue weighted by Crippen LogP contribution is 2.34. The molecule has 4 aromatic rings. The molecule has 170 valence electrons. The smallest absolute Gasteiger partial charge is 0.257 e. The van der Waals surface area contributed by atoms with Gasteiger partial charge in [0, 0.05) is 15.7 Å². The summed E-state index contributed by atoms with van der Waals surface area (Å²) in [6.45, 7) is -2.81. The number of halogens is 5. The summed E-state index contributed by atoms with van der Waals surface area (Å²) in [5.41, 5.74) is 3.58. The third kappa shape index (κ3) is 3.96. The second-order valence-electron chi connectivity index (χ2n) is 6.82. The molecule has 1 amide bonds. The molecular formula is C21H14ClF4N5O2. The molecule has 0 radical (unpaired) electrons. The third-order valence-corrected chi connectivity index (χ3v) is 4.95. The molecule has 2 aromatic heterocycles. The van der Waals surface area contributed by atoms with Crippen molar-refractivity contribution >= 4 is 34.5 Å². The SMILES string of the molecule is [2H]C([2H])([2H])c1nc(-c2ccc(NC(=O)[C@@H](O)c3cc(F)cc(F)c3)c(F)c2F)c2c(N)ncc(Cl)n12. The van der Waals surface area contributed by atoms with Gasteiger partial charge in [-0.25, -0.2) is 27.5 Å². The fraction of sp³-hybridized carbons (Fsp3) is 0.0952. The van der Waals surface area contributed by atoms with Crippen molar-refractivity contribution in [3.63, 3.8) is 0 Å². The molecule has 7 nitrogen and oxygen atoms in total. The van der Waals surface area contributed by atoms with Crippen LogP contribution in [0.5, 0.6) is 0 Å². The Hall–Kier alpha value is -3.70. The van der Waals surface area contributed by atoms with Crippen LogP contribution in [0.3, 0.4) is 0 Å². The maximum Gasteiger partial charge on any atom is 0.257 e. The zero-order valence-electron chi connectivity index (χ0n) is 19.2. The molecule has 0 aliphatic carbocycles. The first-order valence-corrected chi connectivity index (χ1v) is 9.43. The molecule has 0 saturated carbocycles. The number of anilines is 2. The fourth-order valence-electron chi connectivity index (χ4n) is 3.21. The van der Waals surface area contributed by atoms with Crippen LogP contribution in [0.25, 0.3) is 16.8 Å². The van der Waals surface area contributed by atoms with E-state index >= 15 is 4.39 Å². The van der Waals surface area contributed by atoms with Crippen molar-refractivity contribution in [2.45, 2.75) is 13.0 Å². The lowest BCUT2D eigenvalue weighted by molar-refractivity contribution is -0.124. The Balaban J connectivity index is 1.75. The average molecular weight is 483 g/mol. The summed E-state index contributed by atoms with van der Waals surface area (Å²) < 4.78 is 80.8. The maximum absolute atomic E-state index is 15.1. The minimum Gasteiger partial charge on any atom is -0.382 e. The molecule has 0 saturated heterocycles. The Labute approximate surface area is 192 Å². The first-order valence-electron chi connectivity index (χ1n) is 10.6. The zero-order valence-corrected chi connectivity index (χ0v) is 17.0. The van der Waals surface area contributed by atoms with E-state index in [1.807, 2.05) is 5.32 Å². The number of aliphatic hydroxyl groups excluding tert-OH is 1. The van der Waals surface area contributed by atoms with Gasteiger partial charge in [-0.3, -0.25) is 9.20 Å². The first kappa shape index (κ1) is 18.8. The van der Waals surface area contributed by atoms with Gasteiger partial charge in [0.15, 0.2) is 17.7 Å². The number of nitrogen functional groups attached to an aromatic ring is 1. The van der Waals surface area contributed by atoms with Gasteiger partial charge in [0.25, 0.3) is 5.91 Å². The van der Waals surface area contributed by atoms with E-state index in [9.17, 15) is 23.1 Å². The summed E-state index contributed by atoms with van der Waals surface area (Å²) in [6, 6.07) is 3.81. The summed E-state index contributed by atoms with van der Waals surface area (Å²) in [6.07, 6.45) is -1.04. The summed E-state index contributed by atoms with van der Waals surface area (Å²) in [5, 5.41) is 11.8. The second kappa shape index (κ2) is 8.34. The number of aliphatic hydroxyl groups is 1. The number of hydrogen-bond donors (Lipinski definition) is 3. The summed E-state index contributed by atoms with van der Waals surface area (Å²) in [4.78, 5) is 20.0. The number of nitrogens with one attached hydrogen (secondary N) is 1. The van der Waals surface area contributed by atoms with Crippen LogP contribution in [-0.4, -0.2) is 25.4 Å². The van der Waals surface area contributed by atoms with Crippen LogP contribution < -0.4 is 11.1 Å². The van der Waals surface area contributed by atoms with Crippen molar-refractivity contribution < 1.29 is 31.6 Å². The minimum absolute atomic E-state index is 0.188. The number of fused-ring (bicyclic) bond motifs is 1. The molecule has 0 bridgehead atoms. The molecule has 2 aromatic carbocycles. The van der Waals surface area contributed by atoms with Crippen LogP contribution in [0.4, 0.5) is 29.1 Å². The highest BCUT2D eigenvalue weighted by Gasteiger charge is 2.25. The van der Waals surface area contributed by atoms with Crippen LogP contribution in [0.2, 0.25) is 5.15 Å². The van der Waals surface area contributed by atoms with Crippen LogP contribution >= 0.6 is 11.6 Å². The number of hydrogen-bond acceptors (Lipinski definition) is 5. The molecule has 4 N–H and O–H groups in total. The van der Waals surface area contributed by atoms with Gasteiger partial charge in [-0.2, -0.15) is 0 Å². The molecule has 2 heterocycles. The van der Waals surface area contributed by atoms with Gasteiger partial charge in [-0.05, 0) is 36.7 Å². The van der Waals surface area contributed by atoms with E-state index in [4.69, 9.17) is 21.4 Å². The minimum atomic E-state index is -2.81. The number of nitrogens with zero attached hydrogens (tertiary/aromatic N) is 3. The Kier molecular flexibility index (Phi) is 4.76. The van der Waals surface area contributed by atoms with E-state index < -0.39 is 64.8 Å². The lowest BCUT2D eigenvalue weighted by Gasteiger charge is -2.14. The van der Waals surface area contributed by atoms with Crippen LogP contribution in [-0.2, 0) is 4.79 Å². The second-order valence-corrected chi connectivity index (χ2v) is 7.20. The van der Waals surface area contributed by atoms with Gasteiger partial charge in [0.2, 0.25) is 0 Å². The van der Waals surface area contributed by atoms with Gasteiger partial charge in [0.1, 0.15) is 39.6 Å². The number of benzene rings is 2. The molecule has 4 rings (SSSR count). The molecule has 33 heavy (non-hydrogen) atoms. The van der Waals surface area contributed by atoms with Gasteiger partial charge in [-0.1, -0.05) is 11.6 Å². The van der Waals surface area contributed by atoms with Crippen LogP contribution in [0.1, 0.15) is 21.6 Å². The number of carbonyl (C=O) groups excluding carboxylic acids is 1. The van der Waals surface area contributed by atoms with E-state index in [0.717, 1.165) is 22.7 Å². The molecular weight excluding hydrogens is 466 g/mol. The predicted octanol–water partition coefficient (Wildman–Crippen LogP) is 4.17. The Bertz CT molecular complexity index is 1510. The molecule has 12 heteroatoms. The normalized spacial score (nSPS) is 13.9. The number of nitrogens with two attached hydrogens (primary N) is 1. The molecule has 0 unspecified atom stereocenters. The number of carbonyl (C=O) groups is 1. The number of aryl methyl sites for hydroxylation is 1. The highest BCUT2D eigenvalue weighted by atomic mass is 35.5. The molecule has 0 aliphatic heterocycles. The van der Waals surface area contributed by atoms with Crippen molar-refractivity contribution in [2.75, 3.05) is 11.1 Å². The number of aromatic nitrogens is 3. The summed E-state index contributed by atoms with van der Waals surface area (Å²) in [7, 11) is 0. The fourth-order valence-corrected chi connectivity index (χ4v) is 3.42. The highest BCUT2D eigenvalue weighted by molar-refractivity contribution is 6.29. The van der Waals surface area contributed by atoms with Crippen molar-refractivity contribution in [2.24, 2.45) is 0 Å². The monoisotopic (exact) mass is 482 g/mol. The van der Waals surface area contributed by atoms with E-state index in [-0.39, 0.29) is 22.2 Å². The van der Waals surface area contributed by atoms with Gasteiger partial charge >= 0.3 is 0 Å². The molecule has 0 aliphatic rings. The van der Waals surface area contributed by atoms with Crippen molar-refractivity contribution in [1.82, 2.24) is 14.4 Å². The molecule has 1 atom stereocenters.